The van der Waals surface area contributed by atoms with Crippen molar-refractivity contribution in [2.24, 2.45) is 11.8 Å². The van der Waals surface area contributed by atoms with E-state index in [9.17, 15) is 0 Å². The van der Waals surface area contributed by atoms with Crippen molar-refractivity contribution in [3.63, 3.8) is 0 Å². The molecule has 1 aliphatic carbocycles. The lowest BCUT2D eigenvalue weighted by atomic mass is 9.70. The van der Waals surface area contributed by atoms with E-state index < -0.39 is 0 Å². The molecule has 2 atom stereocenters. The lowest BCUT2D eigenvalue weighted by Gasteiger charge is -2.48. The number of hydrogen-bond donors (Lipinski definition) is 2. The first-order chi connectivity index (χ1) is 9.26. The Morgan fingerprint density at radius 1 is 1.58 bits per heavy atom. The zero-order valence-electron chi connectivity index (χ0n) is 11.4. The molecule has 0 bridgehead atoms. The third-order valence-electron chi connectivity index (χ3n) is 4.58. The lowest BCUT2D eigenvalue weighted by Crippen LogP contribution is -2.48. The fraction of sp³-hybridized carbons (Fsp3) is 0.714. The molecule has 1 aromatic heterocycles. The summed E-state index contributed by atoms with van der Waals surface area (Å²) in [6, 6.07) is 2.31. The van der Waals surface area contributed by atoms with Gasteiger partial charge < -0.3 is 9.47 Å². The monoisotopic (exact) mass is 282 g/mol. The fourth-order valence-electron chi connectivity index (χ4n) is 3.32. The van der Waals surface area contributed by atoms with Crippen molar-refractivity contribution >= 4 is 11.3 Å². The van der Waals surface area contributed by atoms with E-state index in [1.165, 1.54) is 24.1 Å². The minimum atomic E-state index is 0.166. The Bertz CT molecular complexity index is 431. The SMILES string of the molecule is COc1csc(C(NN)C2CCOC3(CCC3)C2)c1. The molecule has 3 N–H and O–H groups in total. The van der Waals surface area contributed by atoms with Crippen LogP contribution in [-0.4, -0.2) is 19.3 Å². The van der Waals surface area contributed by atoms with Gasteiger partial charge in [0.15, 0.2) is 0 Å². The van der Waals surface area contributed by atoms with Crippen LogP contribution in [0.4, 0.5) is 0 Å². The van der Waals surface area contributed by atoms with Gasteiger partial charge in [-0.15, -0.1) is 11.3 Å². The fourth-order valence-corrected chi connectivity index (χ4v) is 4.33. The molecule has 4 nitrogen and oxygen atoms in total. The number of hydrogen-bond acceptors (Lipinski definition) is 5. The molecule has 0 radical (unpaired) electrons. The average Bonchev–Trinajstić information content (AvgIpc) is 2.87. The van der Waals surface area contributed by atoms with Crippen LogP contribution in [0.5, 0.6) is 5.75 Å². The summed E-state index contributed by atoms with van der Waals surface area (Å²) in [7, 11) is 1.70. The summed E-state index contributed by atoms with van der Waals surface area (Å²) in [6.07, 6.45) is 5.95. The molecule has 0 aromatic carbocycles. The third-order valence-corrected chi connectivity index (χ3v) is 5.58. The second-order valence-electron chi connectivity index (χ2n) is 5.67. The van der Waals surface area contributed by atoms with Crippen LogP contribution in [0.2, 0.25) is 0 Å². The van der Waals surface area contributed by atoms with Crippen molar-refractivity contribution in [3.8, 4) is 5.75 Å². The molecule has 3 rings (SSSR count). The van der Waals surface area contributed by atoms with Gasteiger partial charge in [-0.2, -0.15) is 0 Å². The number of rotatable bonds is 4. The third kappa shape index (κ3) is 2.52. The minimum Gasteiger partial charge on any atom is -0.496 e. The Balaban J connectivity index is 1.74. The normalized spacial score (nSPS) is 26.9. The summed E-state index contributed by atoms with van der Waals surface area (Å²) in [5.41, 5.74) is 3.18. The van der Waals surface area contributed by atoms with Crippen LogP contribution in [0.25, 0.3) is 0 Å². The molecule has 1 aromatic rings. The Kier molecular flexibility index (Phi) is 3.80. The smallest absolute Gasteiger partial charge is 0.129 e. The maximum Gasteiger partial charge on any atom is 0.129 e. The van der Waals surface area contributed by atoms with Crippen LogP contribution in [0.3, 0.4) is 0 Å². The van der Waals surface area contributed by atoms with Gasteiger partial charge in [-0.3, -0.25) is 11.3 Å². The standard InChI is InChI=1S/C14H22N2O2S/c1-17-11-7-12(19-9-11)13(16-15)10-3-6-18-14(8-10)4-2-5-14/h7,9-10,13,16H,2-6,8,15H2,1H3. The van der Waals surface area contributed by atoms with Crippen molar-refractivity contribution < 1.29 is 9.47 Å². The van der Waals surface area contributed by atoms with Crippen molar-refractivity contribution in [2.75, 3.05) is 13.7 Å². The Labute approximate surface area is 118 Å². The zero-order chi connectivity index (χ0) is 13.3. The molecule has 1 saturated carbocycles. The lowest BCUT2D eigenvalue weighted by molar-refractivity contribution is -0.147. The van der Waals surface area contributed by atoms with Crippen LogP contribution in [0, 0.1) is 5.92 Å². The minimum absolute atomic E-state index is 0.166. The van der Waals surface area contributed by atoms with Crippen molar-refractivity contribution in [3.05, 3.63) is 16.3 Å². The summed E-state index contributed by atoms with van der Waals surface area (Å²) in [6.45, 7) is 0.866. The van der Waals surface area contributed by atoms with Crippen LogP contribution < -0.4 is 16.0 Å². The number of thiophene rings is 1. The predicted molar refractivity (Wildman–Crippen MR) is 76.2 cm³/mol. The molecule has 1 aliphatic heterocycles. The molecule has 5 heteroatoms. The van der Waals surface area contributed by atoms with Crippen molar-refractivity contribution in [1.29, 1.82) is 0 Å². The van der Waals surface area contributed by atoms with E-state index in [1.807, 2.05) is 5.38 Å². The summed E-state index contributed by atoms with van der Waals surface area (Å²) < 4.78 is 11.3. The highest BCUT2D eigenvalue weighted by Gasteiger charge is 2.44. The zero-order valence-corrected chi connectivity index (χ0v) is 12.2. The van der Waals surface area contributed by atoms with Crippen molar-refractivity contribution in [1.82, 2.24) is 5.43 Å². The molecule has 2 unspecified atom stereocenters. The van der Waals surface area contributed by atoms with E-state index in [0.29, 0.717) is 5.92 Å². The van der Waals surface area contributed by atoms with E-state index in [1.54, 1.807) is 18.4 Å². The highest BCUT2D eigenvalue weighted by Crippen LogP contribution is 2.47. The Morgan fingerprint density at radius 2 is 2.42 bits per heavy atom. The largest absolute Gasteiger partial charge is 0.496 e. The van der Waals surface area contributed by atoms with Gasteiger partial charge >= 0.3 is 0 Å². The highest BCUT2D eigenvalue weighted by molar-refractivity contribution is 7.10. The van der Waals surface area contributed by atoms with Gasteiger partial charge in [0.1, 0.15) is 5.75 Å². The van der Waals surface area contributed by atoms with Crippen LogP contribution >= 0.6 is 11.3 Å². The topological polar surface area (TPSA) is 56.5 Å². The summed E-state index contributed by atoms with van der Waals surface area (Å²) in [4.78, 5) is 1.26. The molecule has 19 heavy (non-hydrogen) atoms. The summed E-state index contributed by atoms with van der Waals surface area (Å²) in [5, 5.41) is 2.04. The van der Waals surface area contributed by atoms with Crippen LogP contribution in [-0.2, 0) is 4.74 Å². The maximum atomic E-state index is 6.00. The van der Waals surface area contributed by atoms with E-state index in [2.05, 4.69) is 11.5 Å². The van der Waals surface area contributed by atoms with Crippen LogP contribution in [0.15, 0.2) is 11.4 Å². The molecular formula is C14H22N2O2S. The highest BCUT2D eigenvalue weighted by atomic mass is 32.1. The average molecular weight is 282 g/mol. The second kappa shape index (κ2) is 5.40. The quantitative estimate of drug-likeness (QED) is 0.658. The molecule has 2 heterocycles. The summed E-state index contributed by atoms with van der Waals surface area (Å²) >= 11 is 1.72. The van der Waals surface area contributed by atoms with Gasteiger partial charge in [0.25, 0.3) is 0 Å². The van der Waals surface area contributed by atoms with E-state index in [0.717, 1.165) is 25.2 Å². The maximum absolute atomic E-state index is 6.00. The van der Waals surface area contributed by atoms with Gasteiger partial charge in [0, 0.05) is 16.9 Å². The first-order valence-corrected chi connectivity index (χ1v) is 7.87. The van der Waals surface area contributed by atoms with Crippen LogP contribution in [0.1, 0.15) is 43.0 Å². The van der Waals surface area contributed by atoms with E-state index in [4.69, 9.17) is 15.3 Å². The predicted octanol–water partition coefficient (Wildman–Crippen LogP) is 2.61. The Hall–Kier alpha value is -0.620. The van der Waals surface area contributed by atoms with Crippen molar-refractivity contribution in [2.45, 2.75) is 43.7 Å². The number of nitrogens with one attached hydrogen (secondary N) is 1. The molecule has 2 aliphatic rings. The van der Waals surface area contributed by atoms with Gasteiger partial charge in [0.05, 0.1) is 18.8 Å². The van der Waals surface area contributed by atoms with Gasteiger partial charge in [-0.1, -0.05) is 0 Å². The van der Waals surface area contributed by atoms with Gasteiger partial charge in [-0.25, -0.2) is 0 Å². The molecule has 1 spiro atoms. The molecule has 106 valence electrons. The van der Waals surface area contributed by atoms with Gasteiger partial charge in [0.2, 0.25) is 0 Å². The molecule has 0 amide bonds. The number of methoxy groups -OCH3 is 1. The Morgan fingerprint density at radius 3 is 3.00 bits per heavy atom. The first-order valence-electron chi connectivity index (χ1n) is 6.99. The molecule has 1 saturated heterocycles. The first kappa shape index (κ1) is 13.4. The number of hydrazine groups is 1. The van der Waals surface area contributed by atoms with E-state index >= 15 is 0 Å². The van der Waals surface area contributed by atoms with Gasteiger partial charge in [-0.05, 0) is 44.1 Å². The van der Waals surface area contributed by atoms with E-state index in [-0.39, 0.29) is 11.6 Å². The second-order valence-corrected chi connectivity index (χ2v) is 6.61. The molecular weight excluding hydrogens is 260 g/mol. The number of ether oxygens (including phenoxy) is 2. The molecule has 2 fully saturated rings. The summed E-state index contributed by atoms with van der Waals surface area (Å²) in [5.74, 6) is 7.29. The number of nitrogens with two attached hydrogens (primary N) is 1.